The molecule has 0 spiro atoms. The van der Waals surface area contributed by atoms with Crippen molar-refractivity contribution in [1.82, 2.24) is 19.5 Å². The number of sulfone groups is 1. The van der Waals surface area contributed by atoms with Crippen LogP contribution in [0, 0.1) is 0 Å². The van der Waals surface area contributed by atoms with Gasteiger partial charge in [0, 0.05) is 24.4 Å². The summed E-state index contributed by atoms with van der Waals surface area (Å²) in [5.74, 6) is -0.636. The van der Waals surface area contributed by atoms with Gasteiger partial charge in [-0.3, -0.25) is 4.98 Å². The first-order valence-electron chi connectivity index (χ1n) is 11.3. The lowest BCUT2D eigenvalue weighted by Crippen LogP contribution is -2.50. The van der Waals surface area contributed by atoms with Gasteiger partial charge in [0.2, 0.25) is 0 Å². The minimum Gasteiger partial charge on any atom is -0.324 e. The number of halogens is 10. The highest BCUT2D eigenvalue weighted by Crippen LogP contribution is 2.53. The van der Waals surface area contributed by atoms with Gasteiger partial charge in [-0.2, -0.15) is 39.5 Å². The summed E-state index contributed by atoms with van der Waals surface area (Å²) in [6, 6.07) is 3.71. The first-order valence-corrected chi connectivity index (χ1v) is 12.9. The van der Waals surface area contributed by atoms with E-state index in [0.717, 1.165) is 30.6 Å². The molecule has 220 valence electrons. The SMILES string of the molecule is CCS(=O)(=O)c1cc(-c2ccc(C(F)(C(F)(F)F)C(F)(F)F)cc2)cnc1-c1nc2cc(C(F)(F)F)ncc2n1C. The molecule has 3 heterocycles. The Morgan fingerprint density at radius 3 is 1.90 bits per heavy atom. The Hall–Kier alpha value is -3.76. The lowest BCUT2D eigenvalue weighted by Gasteiger charge is -2.30. The third-order valence-corrected chi connectivity index (χ3v) is 7.98. The Morgan fingerprint density at radius 1 is 0.805 bits per heavy atom. The predicted molar refractivity (Wildman–Crippen MR) is 125 cm³/mol. The van der Waals surface area contributed by atoms with Gasteiger partial charge in [-0.25, -0.2) is 22.8 Å². The van der Waals surface area contributed by atoms with Crippen molar-refractivity contribution >= 4 is 20.9 Å². The summed E-state index contributed by atoms with van der Waals surface area (Å²) in [6.45, 7) is 1.28. The quantitative estimate of drug-likeness (QED) is 0.231. The molecule has 0 aliphatic rings. The van der Waals surface area contributed by atoms with E-state index in [9.17, 15) is 52.3 Å². The average Bonchev–Trinajstić information content (AvgIpc) is 3.21. The summed E-state index contributed by atoms with van der Waals surface area (Å²) in [7, 11) is -2.76. The number of rotatable bonds is 5. The third-order valence-electron chi connectivity index (χ3n) is 6.23. The Balaban J connectivity index is 1.86. The zero-order chi connectivity index (χ0) is 30.8. The van der Waals surface area contributed by atoms with Crippen molar-refractivity contribution in [2.75, 3.05) is 5.75 Å². The average molecular weight is 614 g/mol. The Bertz CT molecular complexity index is 1710. The van der Waals surface area contributed by atoms with Crippen LogP contribution in [0.25, 0.3) is 33.7 Å². The summed E-state index contributed by atoms with van der Waals surface area (Å²) < 4.78 is 159. The maximum absolute atomic E-state index is 14.4. The van der Waals surface area contributed by atoms with E-state index in [1.807, 2.05) is 0 Å². The molecule has 17 heteroatoms. The smallest absolute Gasteiger partial charge is 0.324 e. The largest absolute Gasteiger partial charge is 0.435 e. The van der Waals surface area contributed by atoms with Crippen LogP contribution in [0.15, 0.2) is 53.7 Å². The van der Waals surface area contributed by atoms with Crippen molar-refractivity contribution in [2.24, 2.45) is 7.05 Å². The molecule has 0 aliphatic carbocycles. The molecule has 0 N–H and O–H groups in total. The molecular weight excluding hydrogens is 598 g/mol. The van der Waals surface area contributed by atoms with E-state index in [4.69, 9.17) is 0 Å². The fourth-order valence-electron chi connectivity index (χ4n) is 4.00. The number of imidazole rings is 1. The van der Waals surface area contributed by atoms with Gasteiger partial charge in [0.25, 0.3) is 0 Å². The van der Waals surface area contributed by atoms with E-state index in [-0.39, 0.29) is 45.8 Å². The van der Waals surface area contributed by atoms with Crippen LogP contribution in [0.5, 0.6) is 0 Å². The van der Waals surface area contributed by atoms with Crippen molar-refractivity contribution in [2.45, 2.75) is 36.0 Å². The fraction of sp³-hybridized carbons (Fsp3) is 0.292. The van der Waals surface area contributed by atoms with E-state index in [1.54, 1.807) is 0 Å². The maximum Gasteiger partial charge on any atom is 0.435 e. The lowest BCUT2D eigenvalue weighted by atomic mass is 9.92. The summed E-state index contributed by atoms with van der Waals surface area (Å²) in [6.07, 6.45) is -15.5. The number of aryl methyl sites for hydroxylation is 1. The molecule has 41 heavy (non-hydrogen) atoms. The van der Waals surface area contributed by atoms with Crippen LogP contribution in [-0.4, -0.2) is 46.0 Å². The molecule has 4 rings (SSSR count). The van der Waals surface area contributed by atoms with Gasteiger partial charge in [0.05, 0.1) is 27.9 Å². The number of hydrogen-bond donors (Lipinski definition) is 0. The molecular formula is C24H16F10N4O2S. The van der Waals surface area contributed by atoms with Gasteiger partial charge >= 0.3 is 24.2 Å². The zero-order valence-electron chi connectivity index (χ0n) is 20.6. The second-order valence-electron chi connectivity index (χ2n) is 8.76. The van der Waals surface area contributed by atoms with Crippen molar-refractivity contribution in [3.63, 3.8) is 0 Å². The van der Waals surface area contributed by atoms with Crippen LogP contribution >= 0.6 is 0 Å². The van der Waals surface area contributed by atoms with E-state index in [0.29, 0.717) is 6.07 Å². The lowest BCUT2D eigenvalue weighted by molar-refractivity contribution is -0.348. The van der Waals surface area contributed by atoms with Crippen molar-refractivity contribution in [1.29, 1.82) is 0 Å². The molecule has 0 amide bonds. The van der Waals surface area contributed by atoms with E-state index in [1.165, 1.54) is 18.5 Å². The number of fused-ring (bicyclic) bond motifs is 1. The van der Waals surface area contributed by atoms with Crippen LogP contribution in [0.1, 0.15) is 18.2 Å². The first-order chi connectivity index (χ1) is 18.7. The first kappa shape index (κ1) is 30.2. The molecule has 0 saturated heterocycles. The second-order valence-corrected chi connectivity index (χ2v) is 11.0. The maximum atomic E-state index is 14.4. The van der Waals surface area contributed by atoms with E-state index in [2.05, 4.69) is 15.0 Å². The highest BCUT2D eigenvalue weighted by molar-refractivity contribution is 7.91. The topological polar surface area (TPSA) is 77.7 Å². The van der Waals surface area contributed by atoms with Gasteiger partial charge < -0.3 is 4.57 Å². The second kappa shape index (κ2) is 9.66. The van der Waals surface area contributed by atoms with Crippen LogP contribution in [0.2, 0.25) is 0 Å². The van der Waals surface area contributed by atoms with Gasteiger partial charge in [-0.15, -0.1) is 0 Å². The van der Waals surface area contributed by atoms with E-state index < -0.39 is 55.9 Å². The molecule has 6 nitrogen and oxygen atoms in total. The number of nitrogens with zero attached hydrogens (tertiary/aromatic N) is 4. The van der Waals surface area contributed by atoms with Gasteiger partial charge in [0.15, 0.2) is 15.7 Å². The predicted octanol–water partition coefficient (Wildman–Crippen LogP) is 6.80. The fourth-order valence-corrected chi connectivity index (χ4v) is 5.05. The standard InChI is InChI=1S/C24H16F10N4O2S/c1-3-41(39,40)17-8-13(12-4-6-14(7-5-12)21(25,23(29,30)31)24(32,33)34)10-36-19(17)20-37-15-9-18(22(26,27)28)35-11-16(15)38(20)2/h4-11H,3H2,1-2H3. The van der Waals surface area contributed by atoms with Crippen LogP contribution < -0.4 is 0 Å². The minimum atomic E-state index is -6.32. The Kier molecular flexibility index (Phi) is 7.12. The van der Waals surface area contributed by atoms with Gasteiger partial charge in [-0.1, -0.05) is 31.2 Å². The molecule has 1 aromatic carbocycles. The highest BCUT2D eigenvalue weighted by Gasteiger charge is 2.73. The Labute approximate surface area is 224 Å². The normalized spacial score (nSPS) is 13.7. The number of benzene rings is 1. The van der Waals surface area contributed by atoms with Crippen molar-refractivity contribution in [3.8, 4) is 22.6 Å². The summed E-state index contributed by atoms with van der Waals surface area (Å²) >= 11 is 0. The van der Waals surface area contributed by atoms with Crippen LogP contribution in [-0.2, 0) is 28.7 Å². The molecule has 4 aromatic rings. The van der Waals surface area contributed by atoms with Gasteiger partial charge in [0.1, 0.15) is 11.4 Å². The monoisotopic (exact) mass is 614 g/mol. The summed E-state index contributed by atoms with van der Waals surface area (Å²) in [5, 5.41) is 0. The van der Waals surface area contributed by atoms with Crippen LogP contribution in [0.3, 0.4) is 0 Å². The summed E-state index contributed by atoms with van der Waals surface area (Å²) in [4.78, 5) is 11.1. The van der Waals surface area contributed by atoms with E-state index >= 15 is 0 Å². The molecule has 0 fully saturated rings. The number of aromatic nitrogens is 4. The number of pyridine rings is 2. The number of alkyl halides is 10. The molecule has 0 radical (unpaired) electrons. The molecule has 0 saturated carbocycles. The molecule has 0 unspecified atom stereocenters. The van der Waals surface area contributed by atoms with Crippen molar-refractivity contribution in [3.05, 3.63) is 60.0 Å². The van der Waals surface area contributed by atoms with Crippen molar-refractivity contribution < 1.29 is 52.3 Å². The molecule has 0 bridgehead atoms. The highest BCUT2D eigenvalue weighted by atomic mass is 32.2. The number of hydrogen-bond acceptors (Lipinski definition) is 5. The molecule has 0 atom stereocenters. The zero-order valence-corrected chi connectivity index (χ0v) is 21.4. The third kappa shape index (κ3) is 5.10. The van der Waals surface area contributed by atoms with Crippen LogP contribution in [0.4, 0.5) is 43.9 Å². The molecule has 3 aromatic heterocycles. The minimum absolute atomic E-state index is 0.0735. The van der Waals surface area contributed by atoms with Gasteiger partial charge in [-0.05, 0) is 17.7 Å². The Morgan fingerprint density at radius 2 is 1.39 bits per heavy atom. The summed E-state index contributed by atoms with van der Waals surface area (Å²) in [5.41, 5.74) is -9.15. The molecule has 0 aliphatic heterocycles.